The molecule has 0 aliphatic heterocycles. The van der Waals surface area contributed by atoms with Crippen molar-refractivity contribution < 1.29 is 20.4 Å². The van der Waals surface area contributed by atoms with Crippen molar-refractivity contribution >= 4 is 11.3 Å². The van der Waals surface area contributed by atoms with Crippen LogP contribution in [0.2, 0.25) is 0 Å². The van der Waals surface area contributed by atoms with Crippen molar-refractivity contribution in [3.63, 3.8) is 0 Å². The van der Waals surface area contributed by atoms with Gasteiger partial charge in [-0.25, -0.2) is 4.98 Å². The van der Waals surface area contributed by atoms with E-state index in [-0.39, 0.29) is 30.1 Å². The minimum Gasteiger partial charge on any atom is -0.507 e. The number of aliphatic hydroxyl groups is 2. The second kappa shape index (κ2) is 8.17. The molecular weight excluding hydrogens is 362 g/mol. The molecule has 2 aromatic heterocycles. The summed E-state index contributed by atoms with van der Waals surface area (Å²) >= 11 is 1.62. The van der Waals surface area contributed by atoms with Gasteiger partial charge >= 0.3 is 0 Å². The summed E-state index contributed by atoms with van der Waals surface area (Å²) in [6, 6.07) is 5.65. The van der Waals surface area contributed by atoms with Crippen LogP contribution in [0.4, 0.5) is 0 Å². The lowest BCUT2D eigenvalue weighted by Gasteiger charge is -2.35. The van der Waals surface area contributed by atoms with Crippen molar-refractivity contribution in [2.75, 3.05) is 6.61 Å². The second-order valence-electron chi connectivity index (χ2n) is 8.07. The van der Waals surface area contributed by atoms with E-state index >= 15 is 0 Å². The van der Waals surface area contributed by atoms with E-state index in [2.05, 4.69) is 4.98 Å². The molecule has 0 aromatic carbocycles. The van der Waals surface area contributed by atoms with Gasteiger partial charge in [-0.15, -0.1) is 11.3 Å². The Balaban J connectivity index is 1.96. The third-order valence-electron chi connectivity index (χ3n) is 5.86. The fourth-order valence-electron chi connectivity index (χ4n) is 4.23. The van der Waals surface area contributed by atoms with Gasteiger partial charge in [0, 0.05) is 23.0 Å². The van der Waals surface area contributed by atoms with Gasteiger partial charge in [0.1, 0.15) is 5.75 Å². The number of aromatic hydroxyl groups is 2. The number of pyridine rings is 1. The third-order valence-corrected chi connectivity index (χ3v) is 7.06. The summed E-state index contributed by atoms with van der Waals surface area (Å²) < 4.78 is 0. The number of hydrogen-bond donors (Lipinski definition) is 4. The zero-order valence-corrected chi connectivity index (χ0v) is 16.7. The molecular formula is C21H29NO4S. The molecule has 1 aliphatic rings. The van der Waals surface area contributed by atoms with Crippen molar-refractivity contribution in [2.45, 2.75) is 63.4 Å². The maximum absolute atomic E-state index is 10.8. The first-order valence-electron chi connectivity index (χ1n) is 9.60. The molecule has 0 bridgehead atoms. The molecule has 0 amide bonds. The minimum atomic E-state index is -0.443. The van der Waals surface area contributed by atoms with E-state index in [1.165, 1.54) is 0 Å². The summed E-state index contributed by atoms with van der Waals surface area (Å²) in [6.07, 6.45) is 3.05. The van der Waals surface area contributed by atoms with Crippen LogP contribution in [0.3, 0.4) is 0 Å². The highest BCUT2D eigenvalue weighted by Gasteiger charge is 2.36. The van der Waals surface area contributed by atoms with Gasteiger partial charge in [-0.05, 0) is 69.2 Å². The van der Waals surface area contributed by atoms with Gasteiger partial charge in [-0.1, -0.05) is 6.07 Å². The highest BCUT2D eigenvalue weighted by molar-refractivity contribution is 7.10. The number of nitrogens with zero attached hydrogens (tertiary/aromatic N) is 1. The molecule has 148 valence electrons. The average Bonchev–Trinajstić information content (AvgIpc) is 3.16. The van der Waals surface area contributed by atoms with Crippen LogP contribution in [0.15, 0.2) is 23.6 Å². The third kappa shape index (κ3) is 4.13. The normalized spacial score (nSPS) is 23.5. The molecule has 2 heterocycles. The van der Waals surface area contributed by atoms with Crippen LogP contribution in [0.5, 0.6) is 11.6 Å². The molecule has 0 saturated heterocycles. The van der Waals surface area contributed by atoms with E-state index in [1.807, 2.05) is 31.4 Å². The number of aliphatic hydroxyl groups excluding tert-OH is 2. The van der Waals surface area contributed by atoms with E-state index in [4.69, 9.17) is 0 Å². The minimum absolute atomic E-state index is 0.0372. The SMILES string of the molecule is CC(C)(c1cc(O)c(C2CC(O)CCC2CCCO)c(O)n1)c1cccs1. The van der Waals surface area contributed by atoms with Crippen LogP contribution in [-0.4, -0.2) is 38.1 Å². The van der Waals surface area contributed by atoms with Gasteiger partial charge in [0.15, 0.2) is 0 Å². The molecule has 5 nitrogen and oxygen atoms in total. The monoisotopic (exact) mass is 391 g/mol. The number of thiophene rings is 1. The quantitative estimate of drug-likeness (QED) is 0.599. The maximum Gasteiger partial charge on any atom is 0.218 e. The summed E-state index contributed by atoms with van der Waals surface area (Å²) in [5.74, 6) is -0.0695. The molecule has 0 spiro atoms. The zero-order chi connectivity index (χ0) is 19.6. The van der Waals surface area contributed by atoms with Crippen molar-refractivity contribution in [3.8, 4) is 11.6 Å². The van der Waals surface area contributed by atoms with Gasteiger partial charge in [0.25, 0.3) is 0 Å². The first-order chi connectivity index (χ1) is 12.8. The molecule has 2 aromatic rings. The van der Waals surface area contributed by atoms with E-state index in [0.29, 0.717) is 30.5 Å². The van der Waals surface area contributed by atoms with Crippen molar-refractivity contribution in [3.05, 3.63) is 39.7 Å². The Labute approximate surface area is 164 Å². The van der Waals surface area contributed by atoms with Crippen LogP contribution in [0.1, 0.15) is 68.0 Å². The lowest BCUT2D eigenvalue weighted by Crippen LogP contribution is -2.27. The highest BCUT2D eigenvalue weighted by atomic mass is 32.1. The van der Waals surface area contributed by atoms with E-state index in [0.717, 1.165) is 17.7 Å². The predicted molar refractivity (Wildman–Crippen MR) is 106 cm³/mol. The molecule has 3 atom stereocenters. The first-order valence-corrected chi connectivity index (χ1v) is 10.5. The Kier molecular flexibility index (Phi) is 6.08. The lowest BCUT2D eigenvalue weighted by molar-refractivity contribution is 0.0870. The molecule has 6 heteroatoms. The summed E-state index contributed by atoms with van der Waals surface area (Å²) in [6.45, 7) is 4.16. The standard InChI is InChI=1S/C21H29NO4S/c1-21(2,18-6-4-10-27-18)17-12-16(25)19(20(26)22-17)15-11-14(24)8-7-13(15)5-3-9-23/h4,6,10,12-15,23-24H,3,5,7-9,11H2,1-2H3,(H2,22,25,26). The van der Waals surface area contributed by atoms with Crippen molar-refractivity contribution in [2.24, 2.45) is 5.92 Å². The maximum atomic E-state index is 10.8. The Hall–Kier alpha value is -1.63. The molecule has 4 N–H and O–H groups in total. The first kappa shape index (κ1) is 20.1. The largest absolute Gasteiger partial charge is 0.507 e. The smallest absolute Gasteiger partial charge is 0.218 e. The van der Waals surface area contributed by atoms with Crippen LogP contribution < -0.4 is 0 Å². The van der Waals surface area contributed by atoms with Crippen LogP contribution in [0, 0.1) is 5.92 Å². The number of hydrogen-bond acceptors (Lipinski definition) is 6. The Bertz CT molecular complexity index is 735. The topological polar surface area (TPSA) is 93.8 Å². The Morgan fingerprint density at radius 3 is 2.67 bits per heavy atom. The Morgan fingerprint density at radius 1 is 1.26 bits per heavy atom. The summed E-state index contributed by atoms with van der Waals surface area (Å²) in [4.78, 5) is 5.55. The molecule has 27 heavy (non-hydrogen) atoms. The molecule has 1 fully saturated rings. The predicted octanol–water partition coefficient (Wildman–Crippen LogP) is 3.90. The van der Waals surface area contributed by atoms with Gasteiger partial charge in [-0.3, -0.25) is 0 Å². The van der Waals surface area contributed by atoms with E-state index < -0.39 is 11.5 Å². The fourth-order valence-corrected chi connectivity index (χ4v) is 5.09. The molecule has 3 unspecified atom stereocenters. The highest BCUT2D eigenvalue weighted by Crippen LogP contribution is 2.47. The number of rotatable bonds is 6. The zero-order valence-electron chi connectivity index (χ0n) is 15.9. The summed E-state index contributed by atoms with van der Waals surface area (Å²) in [5.41, 5.74) is 0.624. The summed E-state index contributed by atoms with van der Waals surface area (Å²) in [5, 5.41) is 42.8. The van der Waals surface area contributed by atoms with Crippen LogP contribution in [-0.2, 0) is 5.41 Å². The van der Waals surface area contributed by atoms with Gasteiger partial charge < -0.3 is 20.4 Å². The van der Waals surface area contributed by atoms with Gasteiger partial charge in [0.05, 0.1) is 17.4 Å². The van der Waals surface area contributed by atoms with Gasteiger partial charge in [0.2, 0.25) is 5.88 Å². The lowest BCUT2D eigenvalue weighted by atomic mass is 9.72. The summed E-state index contributed by atoms with van der Waals surface area (Å²) in [7, 11) is 0. The average molecular weight is 392 g/mol. The van der Waals surface area contributed by atoms with E-state index in [9.17, 15) is 20.4 Å². The Morgan fingerprint density at radius 2 is 2.04 bits per heavy atom. The molecule has 3 rings (SSSR count). The molecule has 0 radical (unpaired) electrons. The molecule has 1 saturated carbocycles. The van der Waals surface area contributed by atoms with Crippen molar-refractivity contribution in [1.29, 1.82) is 0 Å². The van der Waals surface area contributed by atoms with Crippen LogP contribution in [0.25, 0.3) is 0 Å². The fraction of sp³-hybridized carbons (Fsp3) is 0.571. The van der Waals surface area contributed by atoms with Crippen molar-refractivity contribution in [1.82, 2.24) is 4.98 Å². The number of aromatic nitrogens is 1. The molecule has 1 aliphatic carbocycles. The second-order valence-corrected chi connectivity index (χ2v) is 9.01. The van der Waals surface area contributed by atoms with Crippen LogP contribution >= 0.6 is 11.3 Å². The van der Waals surface area contributed by atoms with E-state index in [1.54, 1.807) is 17.4 Å². The van der Waals surface area contributed by atoms with Gasteiger partial charge in [-0.2, -0.15) is 0 Å².